The van der Waals surface area contributed by atoms with E-state index >= 15 is 0 Å². The van der Waals surface area contributed by atoms with Crippen LogP contribution in [0.4, 0.5) is 5.69 Å². The highest BCUT2D eigenvalue weighted by Gasteiger charge is 2.47. The molecule has 3 aromatic rings. The number of carbonyl (C=O) groups excluding carboxylic acids is 3. The molecule has 1 N–H and O–H groups in total. The van der Waals surface area contributed by atoms with Crippen molar-refractivity contribution in [3.8, 4) is 5.75 Å². The maximum absolute atomic E-state index is 13.4. The van der Waals surface area contributed by atoms with E-state index in [9.17, 15) is 19.5 Å². The summed E-state index contributed by atoms with van der Waals surface area (Å²) in [5.41, 5.74) is 3.71. The lowest BCUT2D eigenvalue weighted by atomic mass is 9.94. The molecular formula is C29H28N2O6. The molecule has 0 radical (unpaired) electrons. The largest absolute Gasteiger partial charge is 0.507 e. The second-order valence-corrected chi connectivity index (χ2v) is 8.76. The topological polar surface area (TPSA) is 106 Å². The number of aromatic nitrogens is 1. The van der Waals surface area contributed by atoms with Crippen molar-refractivity contribution in [2.45, 2.75) is 33.2 Å². The average Bonchev–Trinajstić information content (AvgIpc) is 3.14. The Morgan fingerprint density at radius 3 is 2.35 bits per heavy atom. The number of pyridine rings is 1. The first-order valence-corrected chi connectivity index (χ1v) is 11.9. The Morgan fingerprint density at radius 2 is 1.73 bits per heavy atom. The van der Waals surface area contributed by atoms with Crippen LogP contribution >= 0.6 is 0 Å². The molecule has 0 spiro atoms. The summed E-state index contributed by atoms with van der Waals surface area (Å²) in [6.07, 6.45) is 3.22. The van der Waals surface area contributed by atoms with Crippen LogP contribution in [0.25, 0.3) is 5.76 Å². The number of ether oxygens (including phenoxy) is 2. The van der Waals surface area contributed by atoms with E-state index in [-0.39, 0.29) is 23.7 Å². The van der Waals surface area contributed by atoms with Crippen molar-refractivity contribution in [3.63, 3.8) is 0 Å². The summed E-state index contributed by atoms with van der Waals surface area (Å²) in [5.74, 6) is -1.83. The van der Waals surface area contributed by atoms with Crippen LogP contribution in [-0.2, 0) is 25.5 Å². The number of hydrogen-bond donors (Lipinski definition) is 1. The molecular weight excluding hydrogens is 472 g/mol. The Bertz CT molecular complexity index is 1380. The van der Waals surface area contributed by atoms with E-state index in [0.29, 0.717) is 34.7 Å². The predicted octanol–water partition coefficient (Wildman–Crippen LogP) is 4.44. The lowest BCUT2D eigenvalue weighted by Gasteiger charge is -2.25. The molecule has 1 amide bonds. The van der Waals surface area contributed by atoms with Crippen molar-refractivity contribution >= 4 is 29.1 Å². The van der Waals surface area contributed by atoms with Gasteiger partial charge in [0.25, 0.3) is 11.7 Å². The molecule has 4 rings (SSSR count). The minimum absolute atomic E-state index is 0.0462. The summed E-state index contributed by atoms with van der Waals surface area (Å²) in [5, 5.41) is 11.5. The normalized spacial score (nSPS) is 16.6. The predicted molar refractivity (Wildman–Crippen MR) is 138 cm³/mol. The van der Waals surface area contributed by atoms with Crippen LogP contribution in [0.15, 0.2) is 66.5 Å². The van der Waals surface area contributed by atoms with Gasteiger partial charge in [-0.25, -0.2) is 0 Å². The van der Waals surface area contributed by atoms with E-state index in [0.717, 1.165) is 11.1 Å². The SMILES string of the molecule is CCOC(=O)Cc1ccc(N2C(=O)C(=O)/C(=C(/O)c3cc(C)cc(C)c3OC)C2c2ccncc2)cc1. The van der Waals surface area contributed by atoms with Crippen LogP contribution < -0.4 is 9.64 Å². The van der Waals surface area contributed by atoms with Crippen molar-refractivity contribution in [1.82, 2.24) is 4.98 Å². The van der Waals surface area contributed by atoms with Crippen molar-refractivity contribution in [3.05, 3.63) is 94.3 Å². The first-order chi connectivity index (χ1) is 17.8. The quantitative estimate of drug-likeness (QED) is 0.221. The third kappa shape index (κ3) is 4.95. The standard InChI is InChI=1S/C29H28N2O6/c1-5-37-23(32)16-19-6-8-21(9-7-19)31-25(20-10-12-30-13-11-20)24(27(34)29(31)35)26(33)22-15-17(2)14-18(3)28(22)36-4/h6-15,25,33H,5,16H2,1-4H3/b26-24+. The Hall–Kier alpha value is -4.46. The van der Waals surface area contributed by atoms with E-state index in [1.165, 1.54) is 12.0 Å². The van der Waals surface area contributed by atoms with Crippen molar-refractivity contribution in [2.24, 2.45) is 0 Å². The minimum atomic E-state index is -0.899. The number of methoxy groups -OCH3 is 1. The first-order valence-electron chi connectivity index (χ1n) is 11.9. The molecule has 190 valence electrons. The van der Waals surface area contributed by atoms with Crippen LogP contribution in [0.1, 0.15) is 40.8 Å². The second kappa shape index (κ2) is 10.7. The van der Waals surface area contributed by atoms with Crippen molar-refractivity contribution in [1.29, 1.82) is 0 Å². The van der Waals surface area contributed by atoms with Gasteiger partial charge in [0.1, 0.15) is 11.5 Å². The molecule has 1 aromatic heterocycles. The van der Waals surface area contributed by atoms with Gasteiger partial charge in [-0.2, -0.15) is 0 Å². The van der Waals surface area contributed by atoms with Crippen LogP contribution in [0.3, 0.4) is 0 Å². The summed E-state index contributed by atoms with van der Waals surface area (Å²) >= 11 is 0. The number of aryl methyl sites for hydroxylation is 2. The second-order valence-electron chi connectivity index (χ2n) is 8.76. The number of Topliss-reactive ketones (excluding diaryl/α,β-unsaturated/α-hetero) is 1. The number of hydrogen-bond acceptors (Lipinski definition) is 7. The zero-order valence-electron chi connectivity index (χ0n) is 21.1. The van der Waals surface area contributed by atoms with Gasteiger partial charge in [0.15, 0.2) is 0 Å². The number of anilines is 1. The Kier molecular flexibility index (Phi) is 7.38. The highest BCUT2D eigenvalue weighted by Crippen LogP contribution is 2.43. The van der Waals surface area contributed by atoms with Gasteiger partial charge in [0.2, 0.25) is 0 Å². The fourth-order valence-electron chi connectivity index (χ4n) is 4.66. The van der Waals surface area contributed by atoms with E-state index in [1.807, 2.05) is 19.9 Å². The van der Waals surface area contributed by atoms with E-state index in [2.05, 4.69) is 4.98 Å². The third-order valence-corrected chi connectivity index (χ3v) is 6.21. The van der Waals surface area contributed by atoms with E-state index in [4.69, 9.17) is 9.47 Å². The zero-order valence-corrected chi connectivity index (χ0v) is 21.1. The summed E-state index contributed by atoms with van der Waals surface area (Å²) in [4.78, 5) is 44.1. The van der Waals surface area contributed by atoms with Crippen LogP contribution in [-0.4, -0.2) is 41.5 Å². The summed E-state index contributed by atoms with van der Waals surface area (Å²) < 4.78 is 10.5. The van der Waals surface area contributed by atoms with Gasteiger partial charge in [-0.05, 0) is 73.4 Å². The molecule has 8 nitrogen and oxygen atoms in total. The molecule has 1 unspecified atom stereocenters. The summed E-state index contributed by atoms with van der Waals surface area (Å²) in [6, 6.07) is 12.9. The highest BCUT2D eigenvalue weighted by molar-refractivity contribution is 6.51. The first kappa shape index (κ1) is 25.6. The van der Waals surface area contributed by atoms with Crippen molar-refractivity contribution in [2.75, 3.05) is 18.6 Å². The van der Waals surface area contributed by atoms with E-state index < -0.39 is 17.7 Å². The number of ketones is 1. The number of carbonyl (C=O) groups is 3. The number of esters is 1. The maximum Gasteiger partial charge on any atom is 0.310 e. The highest BCUT2D eigenvalue weighted by atomic mass is 16.5. The van der Waals surface area contributed by atoms with Crippen LogP contribution in [0.5, 0.6) is 5.75 Å². The molecule has 1 atom stereocenters. The van der Waals surface area contributed by atoms with E-state index in [1.54, 1.807) is 61.8 Å². The number of benzene rings is 2. The summed E-state index contributed by atoms with van der Waals surface area (Å²) in [6.45, 7) is 5.75. The number of aliphatic hydroxyl groups excluding tert-OH is 1. The van der Waals surface area contributed by atoms with Crippen LogP contribution in [0.2, 0.25) is 0 Å². The van der Waals surface area contributed by atoms with Gasteiger partial charge >= 0.3 is 5.97 Å². The number of nitrogens with zero attached hydrogens (tertiary/aromatic N) is 2. The molecule has 2 aromatic carbocycles. The average molecular weight is 501 g/mol. The van der Waals surface area contributed by atoms with Crippen molar-refractivity contribution < 1.29 is 29.0 Å². The van der Waals surface area contributed by atoms with Gasteiger partial charge in [-0.1, -0.05) is 18.2 Å². The fraction of sp³-hybridized carbons (Fsp3) is 0.241. The molecule has 1 fully saturated rings. The molecule has 37 heavy (non-hydrogen) atoms. The molecule has 8 heteroatoms. The molecule has 0 saturated carbocycles. The van der Waals surface area contributed by atoms with Gasteiger partial charge in [0.05, 0.1) is 37.3 Å². The number of rotatable bonds is 7. The van der Waals surface area contributed by atoms with Gasteiger partial charge in [-0.15, -0.1) is 0 Å². The monoisotopic (exact) mass is 500 g/mol. The molecule has 1 saturated heterocycles. The third-order valence-electron chi connectivity index (χ3n) is 6.21. The maximum atomic E-state index is 13.4. The summed E-state index contributed by atoms with van der Waals surface area (Å²) in [7, 11) is 1.49. The fourth-order valence-corrected chi connectivity index (χ4v) is 4.66. The Morgan fingerprint density at radius 1 is 1.05 bits per heavy atom. The number of aliphatic hydroxyl groups is 1. The minimum Gasteiger partial charge on any atom is -0.507 e. The lowest BCUT2D eigenvalue weighted by Crippen LogP contribution is -2.29. The Labute approximate surface area is 215 Å². The van der Waals surface area contributed by atoms with Gasteiger partial charge in [0, 0.05) is 18.1 Å². The molecule has 1 aliphatic rings. The zero-order chi connectivity index (χ0) is 26.7. The lowest BCUT2D eigenvalue weighted by molar-refractivity contribution is -0.142. The van der Waals surface area contributed by atoms with Crippen LogP contribution in [0, 0.1) is 13.8 Å². The van der Waals surface area contributed by atoms with Gasteiger partial charge in [-0.3, -0.25) is 24.3 Å². The molecule has 0 aliphatic carbocycles. The smallest absolute Gasteiger partial charge is 0.310 e. The van der Waals surface area contributed by atoms with Gasteiger partial charge < -0.3 is 14.6 Å². The number of amides is 1. The molecule has 0 bridgehead atoms. The molecule has 2 heterocycles. The Balaban J connectivity index is 1.86. The molecule has 1 aliphatic heterocycles.